The predicted molar refractivity (Wildman–Crippen MR) is 136 cm³/mol. The Kier molecular flexibility index (Phi) is 7.39. The summed E-state index contributed by atoms with van der Waals surface area (Å²) in [5, 5.41) is 3.64. The third-order valence-electron chi connectivity index (χ3n) is 5.23. The van der Waals surface area contributed by atoms with E-state index in [2.05, 4.69) is 35.7 Å². The number of hydrogen-bond acceptors (Lipinski definition) is 7. The molecule has 0 saturated carbocycles. The van der Waals surface area contributed by atoms with Crippen LogP contribution in [0.25, 0.3) is 22.1 Å². The van der Waals surface area contributed by atoms with Gasteiger partial charge in [0.15, 0.2) is 17.3 Å². The van der Waals surface area contributed by atoms with Crippen LogP contribution in [0.15, 0.2) is 53.8 Å². The van der Waals surface area contributed by atoms with E-state index in [0.717, 1.165) is 22.9 Å². The molecule has 186 valence electrons. The van der Waals surface area contributed by atoms with Gasteiger partial charge < -0.3 is 10.3 Å². The first-order valence-corrected chi connectivity index (χ1v) is 11.7. The molecule has 2 aromatic carbocycles. The number of nitrogens with zero attached hydrogens (tertiary/aromatic N) is 5. The van der Waals surface area contributed by atoms with Crippen molar-refractivity contribution in [1.29, 1.82) is 0 Å². The van der Waals surface area contributed by atoms with E-state index in [-0.39, 0.29) is 21.9 Å². The molecule has 1 unspecified atom stereocenters. The first-order chi connectivity index (χ1) is 17.4. The van der Waals surface area contributed by atoms with Gasteiger partial charge >= 0.3 is 0 Å². The van der Waals surface area contributed by atoms with Crippen LogP contribution in [0.1, 0.15) is 39.1 Å². The van der Waals surface area contributed by atoms with Gasteiger partial charge in [-0.3, -0.25) is 10.2 Å². The molecule has 3 N–H and O–H groups in total. The molecular formula is C24H23ClF2N8O. The first kappa shape index (κ1) is 25.0. The molecule has 0 amide bonds. The smallest absolute Gasteiger partial charge is 0.281 e. The molecule has 3 aromatic heterocycles. The van der Waals surface area contributed by atoms with Crippen LogP contribution in [-0.2, 0) is 0 Å². The van der Waals surface area contributed by atoms with Gasteiger partial charge in [0.2, 0.25) is 0 Å². The highest BCUT2D eigenvalue weighted by Gasteiger charge is 2.22. The maximum atomic E-state index is 13.8. The molecule has 0 radical (unpaired) electrons. The summed E-state index contributed by atoms with van der Waals surface area (Å²) in [4.78, 5) is 33.7. The number of aromatic amines is 1. The molecular weight excluding hydrogens is 490 g/mol. The summed E-state index contributed by atoms with van der Waals surface area (Å²) in [6.45, 7) is 5.89. The summed E-state index contributed by atoms with van der Waals surface area (Å²) in [5.74, 6) is -0.871. The average Bonchev–Trinajstić information content (AvgIpc) is 3.35. The zero-order valence-electron chi connectivity index (χ0n) is 19.7. The normalized spacial score (nSPS) is 11.7. The van der Waals surface area contributed by atoms with Crippen LogP contribution in [0.3, 0.4) is 0 Å². The van der Waals surface area contributed by atoms with E-state index >= 15 is 0 Å². The zero-order chi connectivity index (χ0) is 25.8. The van der Waals surface area contributed by atoms with E-state index in [9.17, 15) is 13.6 Å². The Labute approximate surface area is 209 Å². The van der Waals surface area contributed by atoms with Crippen molar-refractivity contribution >= 4 is 45.2 Å². The van der Waals surface area contributed by atoms with Crippen molar-refractivity contribution in [3.05, 3.63) is 81.9 Å². The van der Waals surface area contributed by atoms with Gasteiger partial charge in [0.1, 0.15) is 23.5 Å². The number of imidazole rings is 1. The highest BCUT2D eigenvalue weighted by atomic mass is 35.5. The molecule has 0 spiro atoms. The van der Waals surface area contributed by atoms with Crippen LogP contribution in [0.4, 0.5) is 20.3 Å². The molecule has 1 atom stereocenters. The number of fused-ring (bicyclic) bond motifs is 2. The van der Waals surface area contributed by atoms with E-state index in [1.165, 1.54) is 12.7 Å². The maximum absolute atomic E-state index is 13.8. The molecule has 0 aliphatic rings. The third kappa shape index (κ3) is 4.82. The van der Waals surface area contributed by atoms with Crippen molar-refractivity contribution < 1.29 is 8.78 Å². The monoisotopic (exact) mass is 512 g/mol. The Morgan fingerprint density at radius 3 is 2.58 bits per heavy atom. The lowest BCUT2D eigenvalue weighted by atomic mass is 10.1. The van der Waals surface area contributed by atoms with Crippen molar-refractivity contribution in [3.8, 4) is 0 Å². The SMILES string of the molecule is CC.CCC(Nc1ncnc2nc[nH]c12)c1nc2cccc(Cl)c2c(=O)n1Nc1cc(F)cc(F)c1. The number of nitrogens with one attached hydrogen (secondary N) is 3. The minimum Gasteiger partial charge on any atom is -0.358 e. The molecule has 0 saturated heterocycles. The lowest BCUT2D eigenvalue weighted by Crippen LogP contribution is -2.34. The number of benzene rings is 2. The van der Waals surface area contributed by atoms with Gasteiger partial charge in [-0.1, -0.05) is 38.4 Å². The lowest BCUT2D eigenvalue weighted by molar-refractivity contribution is 0.582. The standard InChI is InChI=1S/C22H17ClF2N8O.C2H6/c1-2-15(30-20-18-19(27-9-26-18)28-10-29-20)21-31-16-5-3-4-14(23)17(16)22(34)33(21)32-13-7-11(24)6-12(25)8-13;1-2/h3-10,15,32H,2H2,1H3,(H2,26,27,28,29,30);1-2H3. The van der Waals surface area contributed by atoms with Crippen molar-refractivity contribution in [2.75, 3.05) is 10.7 Å². The number of hydrogen-bond donors (Lipinski definition) is 3. The largest absolute Gasteiger partial charge is 0.358 e. The fourth-order valence-corrected chi connectivity index (χ4v) is 3.94. The Balaban J connectivity index is 0.00000148. The summed E-state index contributed by atoms with van der Waals surface area (Å²) in [7, 11) is 0. The fourth-order valence-electron chi connectivity index (χ4n) is 3.68. The summed E-state index contributed by atoms with van der Waals surface area (Å²) in [6, 6.07) is 7.28. The van der Waals surface area contributed by atoms with Gasteiger partial charge in [-0.05, 0) is 30.7 Å². The quantitative estimate of drug-likeness (QED) is 0.277. The summed E-state index contributed by atoms with van der Waals surface area (Å²) in [6.07, 6.45) is 3.35. The molecule has 36 heavy (non-hydrogen) atoms. The second kappa shape index (κ2) is 10.6. The number of halogens is 3. The Hall–Kier alpha value is -4.12. The molecule has 0 aliphatic carbocycles. The average molecular weight is 513 g/mol. The van der Waals surface area contributed by atoms with Crippen LogP contribution in [0, 0.1) is 11.6 Å². The van der Waals surface area contributed by atoms with E-state index in [4.69, 9.17) is 11.6 Å². The van der Waals surface area contributed by atoms with E-state index in [0.29, 0.717) is 28.9 Å². The highest BCUT2D eigenvalue weighted by molar-refractivity contribution is 6.35. The molecule has 0 aliphatic heterocycles. The first-order valence-electron chi connectivity index (χ1n) is 11.3. The van der Waals surface area contributed by atoms with Crippen LogP contribution >= 0.6 is 11.6 Å². The minimum atomic E-state index is -0.795. The summed E-state index contributed by atoms with van der Waals surface area (Å²) in [5.41, 5.74) is 3.72. The van der Waals surface area contributed by atoms with Crippen LogP contribution in [0.2, 0.25) is 5.02 Å². The van der Waals surface area contributed by atoms with E-state index in [1.54, 1.807) is 18.2 Å². The van der Waals surface area contributed by atoms with Gasteiger partial charge in [-0.15, -0.1) is 0 Å². The minimum absolute atomic E-state index is 0.0295. The van der Waals surface area contributed by atoms with Crippen molar-refractivity contribution in [3.63, 3.8) is 0 Å². The molecule has 3 heterocycles. The van der Waals surface area contributed by atoms with Gasteiger partial charge in [-0.2, -0.15) is 0 Å². The van der Waals surface area contributed by atoms with Gasteiger partial charge in [0.05, 0.1) is 34.0 Å². The summed E-state index contributed by atoms with van der Waals surface area (Å²) >= 11 is 6.29. The summed E-state index contributed by atoms with van der Waals surface area (Å²) < 4.78 is 28.8. The molecule has 0 fully saturated rings. The molecule has 12 heteroatoms. The Morgan fingerprint density at radius 2 is 1.86 bits per heavy atom. The molecule has 5 rings (SSSR count). The van der Waals surface area contributed by atoms with E-state index in [1.807, 2.05) is 20.8 Å². The highest BCUT2D eigenvalue weighted by Crippen LogP contribution is 2.26. The number of anilines is 2. The van der Waals surface area contributed by atoms with Crippen LogP contribution in [0.5, 0.6) is 0 Å². The van der Waals surface area contributed by atoms with Gasteiger partial charge in [0, 0.05) is 6.07 Å². The fraction of sp³-hybridized carbons (Fsp3) is 0.208. The van der Waals surface area contributed by atoms with Crippen LogP contribution in [-0.4, -0.2) is 29.6 Å². The Morgan fingerprint density at radius 1 is 1.11 bits per heavy atom. The van der Waals surface area contributed by atoms with Crippen molar-refractivity contribution in [2.45, 2.75) is 33.2 Å². The van der Waals surface area contributed by atoms with Crippen molar-refractivity contribution in [1.82, 2.24) is 29.6 Å². The Bertz CT molecular complexity index is 1570. The second-order valence-corrected chi connectivity index (χ2v) is 7.85. The van der Waals surface area contributed by atoms with Gasteiger partial charge in [-0.25, -0.2) is 33.4 Å². The van der Waals surface area contributed by atoms with Crippen molar-refractivity contribution in [2.24, 2.45) is 0 Å². The third-order valence-corrected chi connectivity index (χ3v) is 5.54. The van der Waals surface area contributed by atoms with Gasteiger partial charge in [0.25, 0.3) is 5.56 Å². The second-order valence-electron chi connectivity index (χ2n) is 7.44. The number of H-pyrrole nitrogens is 1. The topological polar surface area (TPSA) is 113 Å². The molecule has 0 bridgehead atoms. The van der Waals surface area contributed by atoms with E-state index < -0.39 is 23.2 Å². The number of aromatic nitrogens is 6. The maximum Gasteiger partial charge on any atom is 0.281 e. The molecule has 9 nitrogen and oxygen atoms in total. The number of rotatable bonds is 6. The lowest BCUT2D eigenvalue weighted by Gasteiger charge is -2.23. The van der Waals surface area contributed by atoms with Crippen LogP contribution < -0.4 is 16.3 Å². The predicted octanol–water partition coefficient (Wildman–Crippen LogP) is 5.46. The zero-order valence-corrected chi connectivity index (χ0v) is 20.4. The molecule has 5 aromatic rings.